The molecule has 1 aromatic rings. The molecule has 61 heavy (non-hydrogen) atoms. The zero-order valence-corrected chi connectivity index (χ0v) is 38.4. The molecule has 4 N–H and O–H groups in total. The zero-order chi connectivity index (χ0) is 40.4. The topological polar surface area (TPSA) is 58.1 Å². The maximum Gasteiger partial charge on any atom is 0.166 e. The van der Waals surface area contributed by atoms with Crippen LogP contribution in [-0.4, -0.2) is 63.5 Å². The van der Waals surface area contributed by atoms with Gasteiger partial charge in [-0.05, 0) is 182 Å². The number of nitrogens with one attached hydrogen (secondary N) is 2. The minimum Gasteiger partial charge on any atom is -0.371 e. The van der Waals surface area contributed by atoms with Crippen molar-refractivity contribution in [2.75, 3.05) is 0 Å². The zero-order valence-electron chi connectivity index (χ0n) is 37.5. The number of nitrogens with zero attached hydrogens (tertiary/aromatic N) is 2. The summed E-state index contributed by atoms with van der Waals surface area (Å²) in [4.78, 5) is 4.93. The summed E-state index contributed by atoms with van der Waals surface area (Å²) >= 11 is 2.30. The third kappa shape index (κ3) is 7.42. The van der Waals surface area contributed by atoms with Gasteiger partial charge in [-0.25, -0.2) is 5.32 Å². The molecule has 0 bridgehead atoms. The van der Waals surface area contributed by atoms with Crippen LogP contribution in [0.2, 0.25) is 0 Å². The second-order valence-electron chi connectivity index (χ2n) is 21.8. The first-order valence-corrected chi connectivity index (χ1v) is 27.1. The van der Waals surface area contributed by atoms with Gasteiger partial charge < -0.3 is 14.6 Å². The number of morpholine rings is 1. The normalized spacial score (nSPS) is 43.7. The molecule has 6 nitrogen and oxygen atoms in total. The van der Waals surface area contributed by atoms with Gasteiger partial charge in [0.1, 0.15) is 6.17 Å². The molecule has 4 heterocycles. The number of hydrogen-bond donors (Lipinski definition) is 3. The molecule has 7 heteroatoms. The van der Waals surface area contributed by atoms with Crippen LogP contribution in [0.15, 0.2) is 59.1 Å². The van der Waals surface area contributed by atoms with E-state index in [0.717, 1.165) is 29.4 Å². The van der Waals surface area contributed by atoms with Gasteiger partial charge in [-0.15, -0.1) is 11.8 Å². The van der Waals surface area contributed by atoms with Crippen LogP contribution in [0.3, 0.4) is 0 Å². The highest BCUT2D eigenvalue weighted by atomic mass is 32.2. The highest BCUT2D eigenvalue weighted by Crippen LogP contribution is 2.57. The minimum absolute atomic E-state index is 0.282. The third-order valence-electron chi connectivity index (χ3n) is 18.6. The lowest BCUT2D eigenvalue weighted by atomic mass is 9.71. The Bertz CT molecular complexity index is 1890. The van der Waals surface area contributed by atoms with E-state index >= 15 is 0 Å². The van der Waals surface area contributed by atoms with Crippen molar-refractivity contribution in [3.05, 3.63) is 81.6 Å². The first-order chi connectivity index (χ1) is 30.2. The quantitative estimate of drug-likeness (QED) is 0.249. The molecule has 11 aliphatic rings. The lowest BCUT2D eigenvalue weighted by Crippen LogP contribution is -3.06. The fraction of sp³-hybridized carbons (Fsp3) is 0.741. The predicted molar refractivity (Wildman–Crippen MR) is 250 cm³/mol. The van der Waals surface area contributed by atoms with Gasteiger partial charge in [0.15, 0.2) is 6.17 Å². The molecule has 3 saturated heterocycles. The molecule has 0 spiro atoms. The van der Waals surface area contributed by atoms with E-state index < -0.39 is 0 Å². The number of thioether (sulfide) groups is 1. The fourth-order valence-electron chi connectivity index (χ4n) is 15.8. The van der Waals surface area contributed by atoms with E-state index in [1.54, 1.807) is 33.0 Å². The molecular formula is C54H78N5OS+. The van der Waals surface area contributed by atoms with E-state index in [1.807, 2.05) is 0 Å². The number of fused-ring (bicyclic) bond motifs is 8. The number of aromatic nitrogens is 1. The van der Waals surface area contributed by atoms with E-state index in [1.165, 1.54) is 148 Å². The van der Waals surface area contributed by atoms with Crippen LogP contribution in [0.5, 0.6) is 0 Å². The molecule has 15 unspecified atom stereocenters. The molecule has 5 fully saturated rings. The lowest BCUT2D eigenvalue weighted by Gasteiger charge is -2.57. The standard InChI is InChI=1S/C54H77N5OS/c1-2-16-35-31-41(54-56-52(34-17-4-3-5-18-34)55-53(57-54)36-29-30-51-40(32-36)39-21-8-15-28-50(39)61-51)47(59-44-24-11-13-26-48(44)60-49-27-14-12-25-45(49)59)33-46(35)58-42-22-9-6-19-37(42)38-20-7-10-23-43(38)58/h2-4,11,16,24,28,31,34-36,39-40,44-49,51-57H,5-10,12-15,17-23,25-27,29-30,32-33H2,1H3/p+1. The highest BCUT2D eigenvalue weighted by Gasteiger charge is 2.54. The van der Waals surface area contributed by atoms with Gasteiger partial charge in [-0.3, -0.25) is 10.2 Å². The summed E-state index contributed by atoms with van der Waals surface area (Å²) in [5, 5.41) is 12.6. The van der Waals surface area contributed by atoms with Crippen LogP contribution in [0, 0.1) is 29.6 Å². The van der Waals surface area contributed by atoms with Gasteiger partial charge in [0, 0.05) is 52.2 Å². The van der Waals surface area contributed by atoms with Crippen molar-refractivity contribution in [2.24, 2.45) is 29.6 Å². The molecular weight excluding hydrogens is 767 g/mol. The molecule has 2 saturated carbocycles. The Morgan fingerprint density at radius 3 is 2.43 bits per heavy atom. The van der Waals surface area contributed by atoms with Gasteiger partial charge in [0.05, 0.1) is 24.4 Å². The van der Waals surface area contributed by atoms with Crippen LogP contribution < -0.4 is 16.0 Å². The fourth-order valence-corrected chi connectivity index (χ4v) is 17.6. The number of rotatable bonds is 6. The predicted octanol–water partition coefficient (Wildman–Crippen LogP) is 9.71. The Kier molecular flexibility index (Phi) is 11.7. The smallest absolute Gasteiger partial charge is 0.166 e. The van der Waals surface area contributed by atoms with E-state index in [0.29, 0.717) is 60.5 Å². The van der Waals surface area contributed by atoms with Gasteiger partial charge in [-0.1, -0.05) is 61.4 Å². The summed E-state index contributed by atoms with van der Waals surface area (Å²) < 4.78 is 10.2. The van der Waals surface area contributed by atoms with Crippen molar-refractivity contribution in [1.82, 2.24) is 20.1 Å². The van der Waals surface area contributed by atoms with Gasteiger partial charge in [0.25, 0.3) is 0 Å². The van der Waals surface area contributed by atoms with Crippen molar-refractivity contribution >= 4 is 11.8 Å². The molecule has 3 aliphatic heterocycles. The Hall–Kier alpha value is -1.87. The first-order valence-electron chi connectivity index (χ1n) is 26.3. The Morgan fingerprint density at radius 1 is 0.754 bits per heavy atom. The Balaban J connectivity index is 0.961. The van der Waals surface area contributed by atoms with Crippen molar-refractivity contribution in [1.29, 1.82) is 0 Å². The molecule has 12 rings (SSSR count). The molecule has 0 amide bonds. The summed E-state index contributed by atoms with van der Waals surface area (Å²) in [5.74, 6) is 3.50. The second-order valence-corrected chi connectivity index (χ2v) is 23.1. The van der Waals surface area contributed by atoms with Crippen LogP contribution in [0.1, 0.15) is 164 Å². The largest absolute Gasteiger partial charge is 0.371 e. The van der Waals surface area contributed by atoms with Crippen molar-refractivity contribution < 1.29 is 10.1 Å². The van der Waals surface area contributed by atoms with E-state index in [2.05, 4.69) is 92.7 Å². The second kappa shape index (κ2) is 17.5. The van der Waals surface area contributed by atoms with Crippen LogP contribution in [-0.2, 0) is 30.4 Å². The van der Waals surface area contributed by atoms with Crippen molar-refractivity contribution in [3.63, 3.8) is 0 Å². The van der Waals surface area contributed by atoms with Gasteiger partial charge >= 0.3 is 0 Å². The average Bonchev–Trinajstić information content (AvgIpc) is 3.86. The number of quaternary nitrogens is 1. The third-order valence-corrected chi connectivity index (χ3v) is 20.2. The number of nitrogens with two attached hydrogens (primary N) is 1. The Morgan fingerprint density at radius 2 is 1.59 bits per heavy atom. The average molecular weight is 845 g/mol. The molecule has 0 aromatic carbocycles. The summed E-state index contributed by atoms with van der Waals surface area (Å²) in [6.07, 6.45) is 53.9. The van der Waals surface area contributed by atoms with Crippen LogP contribution in [0.4, 0.5) is 0 Å². The van der Waals surface area contributed by atoms with Crippen LogP contribution in [0.25, 0.3) is 0 Å². The maximum atomic E-state index is 7.19. The first kappa shape index (κ1) is 40.6. The van der Waals surface area contributed by atoms with Gasteiger partial charge in [-0.2, -0.15) is 0 Å². The minimum atomic E-state index is 0.282. The highest BCUT2D eigenvalue weighted by molar-refractivity contribution is 8.04. The SMILES string of the molecule is CC=CC1C=C(C2NC(C3CC=CCC3)NC(C3CCC4SC5=CCCCC5C4C3)[NH2+]2)C(N2C3C=CCCC3OC3CCCCC32)CC1n1c2c(c3c1CCCC3)CCCC2. The molecule has 1 aromatic heterocycles. The Labute approximate surface area is 372 Å². The molecule has 330 valence electrons. The summed E-state index contributed by atoms with van der Waals surface area (Å²) in [6.45, 7) is 2.30. The summed E-state index contributed by atoms with van der Waals surface area (Å²) in [6, 6.07) is 1.74. The van der Waals surface area contributed by atoms with E-state index in [4.69, 9.17) is 4.74 Å². The molecule has 0 radical (unpaired) electrons. The van der Waals surface area contributed by atoms with Crippen molar-refractivity contribution in [3.8, 4) is 0 Å². The lowest BCUT2D eigenvalue weighted by molar-refractivity contribution is -0.742. The molecule has 15 atom stereocenters. The van der Waals surface area contributed by atoms with Gasteiger partial charge in [0.2, 0.25) is 0 Å². The maximum absolute atomic E-state index is 7.19. The number of allylic oxidation sites excluding steroid dienone is 8. The van der Waals surface area contributed by atoms with Crippen LogP contribution >= 0.6 is 11.8 Å². The summed E-state index contributed by atoms with van der Waals surface area (Å²) in [7, 11) is 0. The number of ether oxygens (including phenoxy) is 1. The van der Waals surface area contributed by atoms with E-state index in [-0.39, 0.29) is 6.17 Å². The van der Waals surface area contributed by atoms with E-state index in [9.17, 15) is 0 Å². The molecule has 8 aliphatic carbocycles. The monoisotopic (exact) mass is 845 g/mol. The number of hydrogen-bond acceptors (Lipinski definition) is 5. The summed E-state index contributed by atoms with van der Waals surface area (Å²) in [5.41, 5.74) is 8.77. The van der Waals surface area contributed by atoms with Crippen molar-refractivity contribution in [2.45, 2.75) is 221 Å².